The van der Waals surface area contributed by atoms with E-state index in [4.69, 9.17) is 4.74 Å². The van der Waals surface area contributed by atoms with Crippen LogP contribution >= 0.6 is 0 Å². The average Bonchev–Trinajstić information content (AvgIpc) is 3.09. The lowest BCUT2D eigenvalue weighted by molar-refractivity contribution is -0.140. The zero-order chi connectivity index (χ0) is 25.3. The van der Waals surface area contributed by atoms with Crippen LogP contribution in [0, 0.1) is 6.92 Å². The number of carbonyl (C=O) groups is 2. The molecular weight excluding hydrogens is 438 g/mol. The number of ketones is 1. The Morgan fingerprint density at radius 2 is 1.57 bits per heavy atom. The predicted octanol–water partition coefficient (Wildman–Crippen LogP) is 5.92. The van der Waals surface area contributed by atoms with Crippen LogP contribution in [0.1, 0.15) is 54.6 Å². The molecule has 1 aliphatic rings. The van der Waals surface area contributed by atoms with Crippen molar-refractivity contribution < 1.29 is 19.4 Å². The Kier molecular flexibility index (Phi) is 6.53. The standard InChI is InChI=1S/C30H31NO4/c1-19-10-12-21(13-11-19)27(32)25-26(20-14-16-23(17-15-20)30(2,3)4)31(29(34)28(25)33)18-22-8-6-7-9-24(22)35-5/h6-17,26,32H,18H2,1-5H3/b27-25-. The minimum atomic E-state index is -0.727. The van der Waals surface area contributed by atoms with Crippen LogP contribution in [0.3, 0.4) is 0 Å². The second-order valence-corrected chi connectivity index (χ2v) is 9.98. The van der Waals surface area contributed by atoms with E-state index >= 15 is 0 Å². The zero-order valence-corrected chi connectivity index (χ0v) is 20.8. The van der Waals surface area contributed by atoms with Gasteiger partial charge in [-0.05, 0) is 29.5 Å². The molecule has 0 spiro atoms. The second kappa shape index (κ2) is 9.41. The number of aliphatic hydroxyl groups is 1. The molecule has 4 rings (SSSR count). The lowest BCUT2D eigenvalue weighted by atomic mass is 9.85. The summed E-state index contributed by atoms with van der Waals surface area (Å²) in [5.41, 5.74) is 4.28. The third-order valence-electron chi connectivity index (χ3n) is 6.49. The summed E-state index contributed by atoms with van der Waals surface area (Å²) in [5, 5.41) is 11.3. The molecule has 35 heavy (non-hydrogen) atoms. The first-order valence-electron chi connectivity index (χ1n) is 11.7. The number of nitrogens with zero attached hydrogens (tertiary/aromatic N) is 1. The van der Waals surface area contributed by atoms with Crippen molar-refractivity contribution in [3.8, 4) is 5.75 Å². The molecule has 0 aliphatic carbocycles. The highest BCUT2D eigenvalue weighted by Crippen LogP contribution is 2.41. The van der Waals surface area contributed by atoms with Crippen LogP contribution in [0.15, 0.2) is 78.4 Å². The summed E-state index contributed by atoms with van der Waals surface area (Å²) in [7, 11) is 1.58. The minimum Gasteiger partial charge on any atom is -0.507 e. The number of aryl methyl sites for hydroxylation is 1. The summed E-state index contributed by atoms with van der Waals surface area (Å²) in [6.07, 6.45) is 0. The molecule has 1 aliphatic heterocycles. The molecule has 5 nitrogen and oxygen atoms in total. The van der Waals surface area contributed by atoms with E-state index in [-0.39, 0.29) is 23.3 Å². The van der Waals surface area contributed by atoms with Crippen LogP contribution in [0.2, 0.25) is 0 Å². The van der Waals surface area contributed by atoms with Crippen molar-refractivity contribution in [2.24, 2.45) is 0 Å². The maximum absolute atomic E-state index is 13.3. The SMILES string of the molecule is COc1ccccc1CN1C(=O)C(=O)/C(=C(\O)c2ccc(C)cc2)C1c1ccc(C(C)(C)C)cc1. The summed E-state index contributed by atoms with van der Waals surface area (Å²) >= 11 is 0. The van der Waals surface area contributed by atoms with E-state index in [2.05, 4.69) is 20.8 Å². The molecule has 1 saturated heterocycles. The Bertz CT molecular complexity index is 1280. The lowest BCUT2D eigenvalue weighted by Gasteiger charge is -2.27. The van der Waals surface area contributed by atoms with Crippen LogP contribution in [0.25, 0.3) is 5.76 Å². The largest absolute Gasteiger partial charge is 0.507 e. The predicted molar refractivity (Wildman–Crippen MR) is 137 cm³/mol. The smallest absolute Gasteiger partial charge is 0.295 e. The van der Waals surface area contributed by atoms with Crippen LogP contribution in [-0.4, -0.2) is 28.8 Å². The molecule has 1 atom stereocenters. The van der Waals surface area contributed by atoms with Gasteiger partial charge in [0.25, 0.3) is 11.7 Å². The van der Waals surface area contributed by atoms with Gasteiger partial charge in [0, 0.05) is 11.1 Å². The van der Waals surface area contributed by atoms with Gasteiger partial charge in [-0.2, -0.15) is 0 Å². The van der Waals surface area contributed by atoms with Crippen molar-refractivity contribution in [2.75, 3.05) is 7.11 Å². The van der Waals surface area contributed by atoms with E-state index in [0.717, 1.165) is 22.3 Å². The number of hydrogen-bond acceptors (Lipinski definition) is 4. The number of benzene rings is 3. The number of likely N-dealkylation sites (tertiary alicyclic amines) is 1. The molecule has 5 heteroatoms. The first kappa shape index (κ1) is 24.3. The van der Waals surface area contributed by atoms with Crippen molar-refractivity contribution in [1.29, 1.82) is 0 Å². The van der Waals surface area contributed by atoms with Gasteiger partial charge in [0.1, 0.15) is 11.5 Å². The molecule has 0 radical (unpaired) electrons. The Morgan fingerprint density at radius 1 is 0.943 bits per heavy atom. The number of methoxy groups -OCH3 is 1. The highest BCUT2D eigenvalue weighted by molar-refractivity contribution is 6.46. The molecule has 0 bridgehead atoms. The molecule has 3 aromatic carbocycles. The summed E-state index contributed by atoms with van der Waals surface area (Å²) < 4.78 is 5.48. The molecule has 3 aromatic rings. The van der Waals surface area contributed by atoms with Crippen molar-refractivity contribution in [2.45, 2.75) is 45.7 Å². The number of aliphatic hydroxyl groups excluding tert-OH is 1. The number of ether oxygens (including phenoxy) is 1. The van der Waals surface area contributed by atoms with Gasteiger partial charge >= 0.3 is 0 Å². The fourth-order valence-corrected chi connectivity index (χ4v) is 4.44. The monoisotopic (exact) mass is 469 g/mol. The fraction of sp³-hybridized carbons (Fsp3) is 0.267. The van der Waals surface area contributed by atoms with Gasteiger partial charge in [-0.3, -0.25) is 9.59 Å². The van der Waals surface area contributed by atoms with Crippen molar-refractivity contribution >= 4 is 17.4 Å². The summed E-state index contributed by atoms with van der Waals surface area (Å²) in [4.78, 5) is 28.1. The molecule has 0 saturated carbocycles. The van der Waals surface area contributed by atoms with Crippen LogP contribution in [0.5, 0.6) is 5.75 Å². The fourth-order valence-electron chi connectivity index (χ4n) is 4.44. The van der Waals surface area contributed by atoms with Gasteiger partial charge < -0.3 is 14.7 Å². The minimum absolute atomic E-state index is 0.0420. The number of carbonyl (C=O) groups excluding carboxylic acids is 2. The Morgan fingerprint density at radius 3 is 2.17 bits per heavy atom. The summed E-state index contributed by atoms with van der Waals surface area (Å²) in [5.74, 6) is -0.872. The quantitative estimate of drug-likeness (QED) is 0.286. The van der Waals surface area contributed by atoms with Gasteiger partial charge in [-0.1, -0.05) is 93.1 Å². The Labute approximate surface area is 206 Å². The summed E-state index contributed by atoms with van der Waals surface area (Å²) in [6.45, 7) is 8.52. The number of Topliss-reactive ketones (excluding diaryl/α,β-unsaturated/α-hetero) is 1. The van der Waals surface area contributed by atoms with Gasteiger partial charge in [0.15, 0.2) is 0 Å². The third-order valence-corrected chi connectivity index (χ3v) is 6.49. The van der Waals surface area contributed by atoms with Crippen molar-refractivity contribution in [3.05, 3.63) is 106 Å². The van der Waals surface area contributed by atoms with Gasteiger partial charge in [-0.25, -0.2) is 0 Å². The molecular formula is C30H31NO4. The van der Waals surface area contributed by atoms with E-state index in [9.17, 15) is 14.7 Å². The molecule has 1 heterocycles. The Balaban J connectivity index is 1.86. The highest BCUT2D eigenvalue weighted by atomic mass is 16.5. The first-order valence-corrected chi connectivity index (χ1v) is 11.7. The molecule has 1 N–H and O–H groups in total. The van der Waals surface area contributed by atoms with E-state index in [1.54, 1.807) is 19.2 Å². The van der Waals surface area contributed by atoms with Crippen molar-refractivity contribution in [1.82, 2.24) is 4.90 Å². The third kappa shape index (κ3) is 4.72. The lowest BCUT2D eigenvalue weighted by Crippen LogP contribution is -2.29. The van der Waals surface area contributed by atoms with Crippen LogP contribution in [-0.2, 0) is 21.5 Å². The second-order valence-electron chi connectivity index (χ2n) is 9.98. The van der Waals surface area contributed by atoms with E-state index in [1.807, 2.05) is 67.6 Å². The molecule has 1 amide bonds. The number of hydrogen-bond donors (Lipinski definition) is 1. The Hall–Kier alpha value is -3.86. The topological polar surface area (TPSA) is 66.8 Å². The maximum atomic E-state index is 13.3. The van der Waals surface area contributed by atoms with Crippen LogP contribution < -0.4 is 4.74 Å². The van der Waals surface area contributed by atoms with Gasteiger partial charge in [-0.15, -0.1) is 0 Å². The number of para-hydroxylation sites is 1. The molecule has 1 unspecified atom stereocenters. The molecule has 180 valence electrons. The number of rotatable bonds is 5. The van der Waals surface area contributed by atoms with Gasteiger partial charge in [0.2, 0.25) is 0 Å². The zero-order valence-electron chi connectivity index (χ0n) is 20.8. The average molecular weight is 470 g/mol. The van der Waals surface area contributed by atoms with Crippen LogP contribution in [0.4, 0.5) is 0 Å². The van der Waals surface area contributed by atoms with Crippen molar-refractivity contribution in [3.63, 3.8) is 0 Å². The first-order chi connectivity index (χ1) is 16.6. The molecule has 0 aromatic heterocycles. The van der Waals surface area contributed by atoms with E-state index in [1.165, 1.54) is 4.90 Å². The number of amides is 1. The van der Waals surface area contributed by atoms with E-state index < -0.39 is 17.7 Å². The summed E-state index contributed by atoms with van der Waals surface area (Å²) in [6, 6.07) is 21.9. The van der Waals surface area contributed by atoms with E-state index in [0.29, 0.717) is 11.3 Å². The molecule has 1 fully saturated rings. The maximum Gasteiger partial charge on any atom is 0.295 e. The normalized spacial score (nSPS) is 17.6. The van der Waals surface area contributed by atoms with Gasteiger partial charge in [0.05, 0.1) is 25.3 Å². The highest BCUT2D eigenvalue weighted by Gasteiger charge is 2.46.